The van der Waals surface area contributed by atoms with Crippen molar-refractivity contribution in [3.63, 3.8) is 0 Å². The van der Waals surface area contributed by atoms with Gasteiger partial charge in [0, 0.05) is 6.04 Å². The zero-order valence-corrected chi connectivity index (χ0v) is 13.3. The first kappa shape index (κ1) is 16.5. The van der Waals surface area contributed by atoms with Crippen molar-refractivity contribution in [1.29, 1.82) is 0 Å². The molecule has 2 nitrogen and oxygen atoms in total. The van der Waals surface area contributed by atoms with Crippen LogP contribution in [-0.4, -0.2) is 19.7 Å². The molecule has 0 heterocycles. The molecule has 2 rings (SSSR count). The minimum absolute atomic E-state index is 0.116. The van der Waals surface area contributed by atoms with E-state index >= 15 is 0 Å². The summed E-state index contributed by atoms with van der Waals surface area (Å²) in [4.78, 5) is 0. The molecule has 0 spiro atoms. The minimum atomic E-state index is -0.116. The summed E-state index contributed by atoms with van der Waals surface area (Å²) in [5.41, 5.74) is 2.08. The molecule has 0 saturated heterocycles. The van der Waals surface area contributed by atoms with Crippen molar-refractivity contribution < 1.29 is 9.13 Å². The van der Waals surface area contributed by atoms with E-state index in [1.807, 2.05) is 24.3 Å². The highest BCUT2D eigenvalue weighted by Crippen LogP contribution is 2.13. The lowest BCUT2D eigenvalue weighted by Crippen LogP contribution is -2.28. The summed E-state index contributed by atoms with van der Waals surface area (Å²) in [5.74, 6) is 0.773. The standard InChI is InChI=1S/C19H24FNO/c1-15(7-8-16-9-11-18(22-2)12-10-16)21-14-13-17-5-3-4-6-19(17)20/h3-6,9-12,15,21H,7-8,13-14H2,1-2H3/t15-/m0/s1. The average Bonchev–Trinajstić information content (AvgIpc) is 2.55. The lowest BCUT2D eigenvalue weighted by molar-refractivity contribution is 0.414. The van der Waals surface area contributed by atoms with E-state index in [0.717, 1.165) is 37.1 Å². The van der Waals surface area contributed by atoms with E-state index < -0.39 is 0 Å². The number of halogens is 1. The molecule has 3 heteroatoms. The van der Waals surface area contributed by atoms with Crippen molar-refractivity contribution in [3.05, 3.63) is 65.5 Å². The quantitative estimate of drug-likeness (QED) is 0.796. The van der Waals surface area contributed by atoms with E-state index in [0.29, 0.717) is 6.04 Å². The van der Waals surface area contributed by atoms with Crippen LogP contribution in [0.3, 0.4) is 0 Å². The molecular formula is C19H24FNO. The Morgan fingerprint density at radius 1 is 1.05 bits per heavy atom. The van der Waals surface area contributed by atoms with Gasteiger partial charge in [-0.05, 0) is 62.1 Å². The first-order chi connectivity index (χ1) is 10.7. The predicted octanol–water partition coefficient (Wildman–Crippen LogP) is 3.99. The third-order valence-electron chi connectivity index (χ3n) is 3.87. The Kier molecular flexibility index (Phi) is 6.41. The number of hydrogen-bond acceptors (Lipinski definition) is 2. The largest absolute Gasteiger partial charge is 0.497 e. The molecule has 0 amide bonds. The maximum Gasteiger partial charge on any atom is 0.126 e. The molecule has 0 bridgehead atoms. The fraction of sp³-hybridized carbons (Fsp3) is 0.368. The fourth-order valence-corrected chi connectivity index (χ4v) is 2.43. The Morgan fingerprint density at radius 3 is 2.45 bits per heavy atom. The molecule has 0 saturated carbocycles. The molecule has 0 aliphatic carbocycles. The summed E-state index contributed by atoms with van der Waals surface area (Å²) in [6.45, 7) is 2.97. The average molecular weight is 301 g/mol. The smallest absolute Gasteiger partial charge is 0.126 e. The highest BCUT2D eigenvalue weighted by molar-refractivity contribution is 5.27. The zero-order valence-electron chi connectivity index (χ0n) is 13.3. The Morgan fingerprint density at radius 2 is 1.77 bits per heavy atom. The van der Waals surface area contributed by atoms with Crippen molar-refractivity contribution in [2.45, 2.75) is 32.2 Å². The molecule has 0 aromatic heterocycles. The van der Waals surface area contributed by atoms with E-state index in [9.17, 15) is 4.39 Å². The van der Waals surface area contributed by atoms with Gasteiger partial charge in [0.25, 0.3) is 0 Å². The van der Waals surface area contributed by atoms with Gasteiger partial charge in [0.1, 0.15) is 11.6 Å². The maximum atomic E-state index is 13.5. The monoisotopic (exact) mass is 301 g/mol. The number of aryl methyl sites for hydroxylation is 1. The van der Waals surface area contributed by atoms with Crippen LogP contribution >= 0.6 is 0 Å². The van der Waals surface area contributed by atoms with Gasteiger partial charge in [-0.3, -0.25) is 0 Å². The molecule has 1 atom stereocenters. The Bertz CT molecular complexity index is 568. The van der Waals surface area contributed by atoms with E-state index in [1.54, 1.807) is 13.2 Å². The van der Waals surface area contributed by atoms with Crippen LogP contribution in [0.4, 0.5) is 4.39 Å². The fourth-order valence-electron chi connectivity index (χ4n) is 2.43. The number of benzene rings is 2. The van der Waals surface area contributed by atoms with Gasteiger partial charge in [-0.25, -0.2) is 4.39 Å². The van der Waals surface area contributed by atoms with Gasteiger partial charge < -0.3 is 10.1 Å². The van der Waals surface area contributed by atoms with Gasteiger partial charge in [-0.15, -0.1) is 0 Å². The van der Waals surface area contributed by atoms with Gasteiger partial charge in [0.15, 0.2) is 0 Å². The lowest BCUT2D eigenvalue weighted by atomic mass is 10.1. The highest BCUT2D eigenvalue weighted by atomic mass is 19.1. The minimum Gasteiger partial charge on any atom is -0.497 e. The number of hydrogen-bond donors (Lipinski definition) is 1. The van der Waals surface area contributed by atoms with Gasteiger partial charge in [-0.2, -0.15) is 0 Å². The molecular weight excluding hydrogens is 277 g/mol. The molecule has 1 N–H and O–H groups in total. The third kappa shape index (κ3) is 5.15. The molecule has 22 heavy (non-hydrogen) atoms. The Balaban J connectivity index is 1.69. The van der Waals surface area contributed by atoms with Crippen LogP contribution in [0, 0.1) is 5.82 Å². The van der Waals surface area contributed by atoms with Crippen molar-refractivity contribution in [2.75, 3.05) is 13.7 Å². The van der Waals surface area contributed by atoms with Crippen LogP contribution in [0.1, 0.15) is 24.5 Å². The molecule has 0 unspecified atom stereocenters. The number of nitrogens with one attached hydrogen (secondary N) is 1. The number of ether oxygens (including phenoxy) is 1. The lowest BCUT2D eigenvalue weighted by Gasteiger charge is -2.14. The topological polar surface area (TPSA) is 21.3 Å². The molecule has 0 radical (unpaired) electrons. The first-order valence-electron chi connectivity index (χ1n) is 7.79. The normalized spacial score (nSPS) is 12.1. The van der Waals surface area contributed by atoms with Crippen LogP contribution in [0.5, 0.6) is 5.75 Å². The predicted molar refractivity (Wildman–Crippen MR) is 88.9 cm³/mol. The van der Waals surface area contributed by atoms with Gasteiger partial charge >= 0.3 is 0 Å². The van der Waals surface area contributed by atoms with Crippen LogP contribution in [0.2, 0.25) is 0 Å². The van der Waals surface area contributed by atoms with Crippen molar-refractivity contribution in [3.8, 4) is 5.75 Å². The molecule has 118 valence electrons. The van der Waals surface area contributed by atoms with Gasteiger partial charge in [0.2, 0.25) is 0 Å². The first-order valence-corrected chi connectivity index (χ1v) is 7.79. The number of rotatable bonds is 8. The van der Waals surface area contributed by atoms with Crippen LogP contribution in [-0.2, 0) is 12.8 Å². The summed E-state index contributed by atoms with van der Waals surface area (Å²) in [6, 6.07) is 15.6. The summed E-state index contributed by atoms with van der Waals surface area (Å²) < 4.78 is 18.7. The zero-order chi connectivity index (χ0) is 15.8. The second-order valence-electron chi connectivity index (χ2n) is 5.58. The van der Waals surface area contributed by atoms with E-state index in [2.05, 4.69) is 24.4 Å². The summed E-state index contributed by atoms with van der Waals surface area (Å²) in [6.07, 6.45) is 2.81. The van der Waals surface area contributed by atoms with E-state index in [1.165, 1.54) is 11.6 Å². The van der Waals surface area contributed by atoms with E-state index in [-0.39, 0.29) is 5.82 Å². The Labute approximate surface area is 132 Å². The van der Waals surface area contributed by atoms with Gasteiger partial charge in [0.05, 0.1) is 7.11 Å². The highest BCUT2D eigenvalue weighted by Gasteiger charge is 2.04. The van der Waals surface area contributed by atoms with Crippen molar-refractivity contribution in [2.24, 2.45) is 0 Å². The molecule has 2 aromatic carbocycles. The molecule has 2 aromatic rings. The summed E-state index contributed by atoms with van der Waals surface area (Å²) in [5, 5.41) is 3.46. The van der Waals surface area contributed by atoms with Gasteiger partial charge in [-0.1, -0.05) is 30.3 Å². The third-order valence-corrected chi connectivity index (χ3v) is 3.87. The number of methoxy groups -OCH3 is 1. The SMILES string of the molecule is COc1ccc(CC[C@H](C)NCCc2ccccc2F)cc1. The second kappa shape index (κ2) is 8.54. The van der Waals surface area contributed by atoms with Crippen LogP contribution < -0.4 is 10.1 Å². The maximum absolute atomic E-state index is 13.5. The molecule has 0 aliphatic heterocycles. The summed E-state index contributed by atoms with van der Waals surface area (Å²) >= 11 is 0. The van der Waals surface area contributed by atoms with Crippen molar-refractivity contribution in [1.82, 2.24) is 5.32 Å². The van der Waals surface area contributed by atoms with E-state index in [4.69, 9.17) is 4.74 Å². The van der Waals surface area contributed by atoms with Crippen molar-refractivity contribution >= 4 is 0 Å². The van der Waals surface area contributed by atoms with Crippen LogP contribution in [0.15, 0.2) is 48.5 Å². The molecule has 0 aliphatic rings. The second-order valence-corrected chi connectivity index (χ2v) is 5.58. The summed E-state index contributed by atoms with van der Waals surface area (Å²) in [7, 11) is 1.68. The Hall–Kier alpha value is -1.87. The van der Waals surface area contributed by atoms with Crippen LogP contribution in [0.25, 0.3) is 0 Å². The molecule has 0 fully saturated rings.